The Morgan fingerprint density at radius 3 is 2.54 bits per heavy atom. The van der Waals surface area contributed by atoms with E-state index in [1.165, 1.54) is 6.92 Å². The summed E-state index contributed by atoms with van der Waals surface area (Å²) in [6.45, 7) is 4.49. The minimum atomic E-state index is -0.351. The van der Waals surface area contributed by atoms with Gasteiger partial charge in [0.05, 0.1) is 0 Å². The second-order valence-corrected chi connectivity index (χ2v) is 5.67. The number of anilines is 3. The first kappa shape index (κ1) is 19.3. The molecule has 2 aromatic rings. The maximum Gasteiger partial charge on any atom is 0.274 e. The predicted octanol–water partition coefficient (Wildman–Crippen LogP) is 2.44. The molecule has 0 aliphatic rings. The number of rotatable bonds is 8. The first-order chi connectivity index (χ1) is 12.5. The fourth-order valence-corrected chi connectivity index (χ4v) is 2.28. The van der Waals surface area contributed by atoms with Crippen LogP contribution < -0.4 is 16.0 Å². The van der Waals surface area contributed by atoms with E-state index in [0.29, 0.717) is 36.2 Å². The summed E-state index contributed by atoms with van der Waals surface area (Å²) in [4.78, 5) is 32.1. The highest BCUT2D eigenvalue weighted by Gasteiger charge is 2.11. The molecule has 0 saturated carbocycles. The molecule has 1 heterocycles. The Labute approximate surface area is 152 Å². The molecule has 138 valence electrons. The molecule has 2 amide bonds. The van der Waals surface area contributed by atoms with Crippen LogP contribution in [0, 0.1) is 6.92 Å². The summed E-state index contributed by atoms with van der Waals surface area (Å²) < 4.78 is 5.00. The molecule has 8 heteroatoms. The minimum Gasteiger partial charge on any atom is -0.385 e. The van der Waals surface area contributed by atoms with Crippen LogP contribution in [0.3, 0.4) is 0 Å². The molecular weight excluding hydrogens is 334 g/mol. The van der Waals surface area contributed by atoms with Crippen molar-refractivity contribution in [1.29, 1.82) is 0 Å². The number of benzene rings is 1. The molecule has 0 unspecified atom stereocenters. The topological polar surface area (TPSA) is 105 Å². The smallest absolute Gasteiger partial charge is 0.274 e. The van der Waals surface area contributed by atoms with Crippen molar-refractivity contribution >= 4 is 29.0 Å². The van der Waals surface area contributed by atoms with Crippen LogP contribution in [0.25, 0.3) is 0 Å². The highest BCUT2D eigenvalue weighted by Crippen LogP contribution is 2.16. The fourth-order valence-electron chi connectivity index (χ4n) is 2.28. The van der Waals surface area contributed by atoms with Crippen molar-refractivity contribution in [2.24, 2.45) is 0 Å². The number of aryl methyl sites for hydroxylation is 1. The van der Waals surface area contributed by atoms with Crippen LogP contribution in [-0.2, 0) is 9.53 Å². The number of aromatic nitrogens is 2. The molecule has 26 heavy (non-hydrogen) atoms. The van der Waals surface area contributed by atoms with E-state index in [4.69, 9.17) is 4.74 Å². The van der Waals surface area contributed by atoms with Gasteiger partial charge in [-0.2, -0.15) is 0 Å². The summed E-state index contributed by atoms with van der Waals surface area (Å²) in [5.41, 5.74) is 1.43. The largest absolute Gasteiger partial charge is 0.385 e. The second kappa shape index (κ2) is 9.47. The molecule has 0 atom stereocenters. The zero-order valence-electron chi connectivity index (χ0n) is 15.1. The van der Waals surface area contributed by atoms with E-state index < -0.39 is 0 Å². The SMILES string of the molecule is COCCCNc1cc(C(=O)Nc2cccc(NC(C)=O)c2)nc(C)n1. The molecule has 0 spiro atoms. The van der Waals surface area contributed by atoms with Crippen molar-refractivity contribution in [3.05, 3.63) is 41.9 Å². The lowest BCUT2D eigenvalue weighted by atomic mass is 10.2. The van der Waals surface area contributed by atoms with Crippen molar-refractivity contribution < 1.29 is 14.3 Å². The fraction of sp³-hybridized carbons (Fsp3) is 0.333. The molecule has 2 rings (SSSR count). The van der Waals surface area contributed by atoms with Crippen LogP contribution in [0.2, 0.25) is 0 Å². The predicted molar refractivity (Wildman–Crippen MR) is 100 cm³/mol. The number of nitrogens with one attached hydrogen (secondary N) is 3. The lowest BCUT2D eigenvalue weighted by Crippen LogP contribution is -2.16. The minimum absolute atomic E-state index is 0.177. The van der Waals surface area contributed by atoms with Gasteiger partial charge in [-0.3, -0.25) is 9.59 Å². The van der Waals surface area contributed by atoms with Crippen LogP contribution >= 0.6 is 0 Å². The van der Waals surface area contributed by atoms with E-state index in [-0.39, 0.29) is 17.5 Å². The average molecular weight is 357 g/mol. The quantitative estimate of drug-likeness (QED) is 0.627. The Hall–Kier alpha value is -3.00. The van der Waals surface area contributed by atoms with Crippen molar-refractivity contribution in [1.82, 2.24) is 9.97 Å². The summed E-state index contributed by atoms with van der Waals surface area (Å²) in [6, 6.07) is 8.51. The lowest BCUT2D eigenvalue weighted by molar-refractivity contribution is -0.114. The van der Waals surface area contributed by atoms with Gasteiger partial charge >= 0.3 is 0 Å². The zero-order valence-corrected chi connectivity index (χ0v) is 15.1. The van der Waals surface area contributed by atoms with Crippen LogP contribution in [-0.4, -0.2) is 42.0 Å². The Morgan fingerprint density at radius 1 is 1.12 bits per heavy atom. The maximum atomic E-state index is 12.5. The number of carbonyl (C=O) groups is 2. The third-order valence-corrected chi connectivity index (χ3v) is 3.34. The Bertz CT molecular complexity index is 779. The van der Waals surface area contributed by atoms with Gasteiger partial charge in [-0.25, -0.2) is 9.97 Å². The number of ether oxygens (including phenoxy) is 1. The van der Waals surface area contributed by atoms with Gasteiger partial charge in [0.2, 0.25) is 5.91 Å². The molecule has 0 aliphatic heterocycles. The third-order valence-electron chi connectivity index (χ3n) is 3.34. The van der Waals surface area contributed by atoms with E-state index in [1.807, 2.05) is 0 Å². The number of amides is 2. The Balaban J connectivity index is 2.07. The average Bonchev–Trinajstić information content (AvgIpc) is 2.58. The normalized spacial score (nSPS) is 10.3. The first-order valence-corrected chi connectivity index (χ1v) is 8.25. The van der Waals surface area contributed by atoms with E-state index in [9.17, 15) is 9.59 Å². The molecule has 0 bridgehead atoms. The van der Waals surface area contributed by atoms with E-state index in [0.717, 1.165) is 6.42 Å². The molecule has 0 radical (unpaired) electrons. The van der Waals surface area contributed by atoms with Gasteiger partial charge < -0.3 is 20.7 Å². The second-order valence-electron chi connectivity index (χ2n) is 5.67. The maximum absolute atomic E-state index is 12.5. The Morgan fingerprint density at radius 2 is 1.85 bits per heavy atom. The van der Waals surface area contributed by atoms with Crippen molar-refractivity contribution in [3.63, 3.8) is 0 Å². The number of nitrogens with zero attached hydrogens (tertiary/aromatic N) is 2. The molecule has 0 fully saturated rings. The summed E-state index contributed by atoms with van der Waals surface area (Å²) in [5.74, 6) is 0.559. The van der Waals surface area contributed by atoms with E-state index >= 15 is 0 Å². The van der Waals surface area contributed by atoms with Crippen molar-refractivity contribution in [2.75, 3.05) is 36.2 Å². The lowest BCUT2D eigenvalue weighted by Gasteiger charge is -2.10. The van der Waals surface area contributed by atoms with Gasteiger partial charge in [-0.15, -0.1) is 0 Å². The van der Waals surface area contributed by atoms with Crippen LogP contribution in [0.4, 0.5) is 17.2 Å². The highest BCUT2D eigenvalue weighted by atomic mass is 16.5. The first-order valence-electron chi connectivity index (χ1n) is 8.25. The molecule has 1 aromatic heterocycles. The van der Waals surface area contributed by atoms with E-state index in [1.54, 1.807) is 44.4 Å². The van der Waals surface area contributed by atoms with Gasteiger partial charge in [0.1, 0.15) is 17.3 Å². The Kier molecular flexibility index (Phi) is 7.04. The number of hydrogen-bond donors (Lipinski definition) is 3. The van der Waals surface area contributed by atoms with Gasteiger partial charge in [0, 0.05) is 44.6 Å². The summed E-state index contributed by atoms with van der Waals surface area (Å²) in [6.07, 6.45) is 0.830. The number of carbonyl (C=O) groups excluding carboxylic acids is 2. The molecule has 3 N–H and O–H groups in total. The van der Waals surface area contributed by atoms with Gasteiger partial charge in [-0.1, -0.05) is 6.07 Å². The van der Waals surface area contributed by atoms with Crippen LogP contribution in [0.5, 0.6) is 0 Å². The zero-order chi connectivity index (χ0) is 18.9. The summed E-state index contributed by atoms with van der Waals surface area (Å²) >= 11 is 0. The van der Waals surface area contributed by atoms with E-state index in [2.05, 4.69) is 25.9 Å². The molecule has 8 nitrogen and oxygen atoms in total. The highest BCUT2D eigenvalue weighted by molar-refractivity contribution is 6.03. The standard InChI is InChI=1S/C18H23N5O3/c1-12-20-16(11-17(21-12)19-8-5-9-26-3)18(25)23-15-7-4-6-14(10-15)22-13(2)24/h4,6-7,10-11H,5,8-9H2,1-3H3,(H,22,24)(H,23,25)(H,19,20,21). The monoisotopic (exact) mass is 357 g/mol. The number of hydrogen-bond acceptors (Lipinski definition) is 6. The van der Waals surface area contributed by atoms with Crippen molar-refractivity contribution in [3.8, 4) is 0 Å². The van der Waals surface area contributed by atoms with Crippen molar-refractivity contribution in [2.45, 2.75) is 20.3 Å². The molecule has 1 aromatic carbocycles. The molecule has 0 aliphatic carbocycles. The molecular formula is C18H23N5O3. The van der Waals surface area contributed by atoms with Gasteiger partial charge in [0.15, 0.2) is 0 Å². The van der Waals surface area contributed by atoms with Crippen LogP contribution in [0.15, 0.2) is 30.3 Å². The van der Waals surface area contributed by atoms with Gasteiger partial charge in [-0.05, 0) is 31.5 Å². The number of methoxy groups -OCH3 is 1. The summed E-state index contributed by atoms with van der Waals surface area (Å²) in [5, 5.41) is 8.60. The molecule has 0 saturated heterocycles. The third kappa shape index (κ3) is 6.14. The summed E-state index contributed by atoms with van der Waals surface area (Å²) in [7, 11) is 1.65. The van der Waals surface area contributed by atoms with Crippen LogP contribution in [0.1, 0.15) is 29.7 Å². The van der Waals surface area contributed by atoms with Gasteiger partial charge in [0.25, 0.3) is 5.91 Å².